The van der Waals surface area contributed by atoms with Gasteiger partial charge >= 0.3 is 0 Å². The summed E-state index contributed by atoms with van der Waals surface area (Å²) < 4.78 is 32.9. The molecule has 0 unspecified atom stereocenters. The van der Waals surface area contributed by atoms with Gasteiger partial charge in [0.05, 0.1) is 4.90 Å². The van der Waals surface area contributed by atoms with Crippen LogP contribution in [-0.4, -0.2) is 27.5 Å². The van der Waals surface area contributed by atoms with Gasteiger partial charge in [-0.25, -0.2) is 13.1 Å². The second kappa shape index (κ2) is 10.7. The molecule has 0 atom stereocenters. The molecule has 7 heteroatoms. The van der Waals surface area contributed by atoms with E-state index in [1.807, 2.05) is 61.5 Å². The maximum absolute atomic E-state index is 12.4. The number of amides is 1. The standard InChI is InChI=1S/C24H26N2O4S/c1-19-7-9-21(10-8-19)17-25-24(27)18-30-22-11-13-23(14-12-22)31(28,29)26-16-15-20-5-3-2-4-6-20/h2-14,26H,15-18H2,1H3,(H,25,27). The van der Waals surface area contributed by atoms with Gasteiger partial charge in [0.25, 0.3) is 5.91 Å². The Morgan fingerprint density at radius 2 is 1.55 bits per heavy atom. The molecule has 0 aliphatic rings. The molecule has 0 fully saturated rings. The van der Waals surface area contributed by atoms with E-state index in [1.165, 1.54) is 12.1 Å². The van der Waals surface area contributed by atoms with Gasteiger partial charge in [0, 0.05) is 13.1 Å². The van der Waals surface area contributed by atoms with Crippen LogP contribution in [0.5, 0.6) is 5.75 Å². The molecule has 0 spiro atoms. The molecule has 6 nitrogen and oxygen atoms in total. The van der Waals surface area contributed by atoms with E-state index in [-0.39, 0.29) is 17.4 Å². The van der Waals surface area contributed by atoms with Crippen LogP contribution in [0.15, 0.2) is 83.8 Å². The molecule has 31 heavy (non-hydrogen) atoms. The fourth-order valence-electron chi connectivity index (χ4n) is 2.88. The van der Waals surface area contributed by atoms with E-state index in [0.717, 1.165) is 16.7 Å². The van der Waals surface area contributed by atoms with E-state index in [9.17, 15) is 13.2 Å². The molecule has 3 aromatic carbocycles. The average molecular weight is 439 g/mol. The van der Waals surface area contributed by atoms with E-state index in [1.54, 1.807) is 12.1 Å². The van der Waals surface area contributed by atoms with Gasteiger partial charge in [0.1, 0.15) is 5.75 Å². The highest BCUT2D eigenvalue weighted by molar-refractivity contribution is 7.89. The number of carbonyl (C=O) groups excluding carboxylic acids is 1. The number of sulfonamides is 1. The lowest BCUT2D eigenvalue weighted by atomic mass is 10.1. The summed E-state index contributed by atoms with van der Waals surface area (Å²) in [5, 5.41) is 2.79. The van der Waals surface area contributed by atoms with Crippen molar-refractivity contribution in [1.29, 1.82) is 0 Å². The smallest absolute Gasteiger partial charge is 0.258 e. The lowest BCUT2D eigenvalue weighted by Crippen LogP contribution is -2.28. The first kappa shape index (κ1) is 22.5. The quantitative estimate of drug-likeness (QED) is 0.509. The fraction of sp³-hybridized carbons (Fsp3) is 0.208. The molecule has 0 heterocycles. The van der Waals surface area contributed by atoms with Gasteiger partial charge in [-0.3, -0.25) is 4.79 Å². The molecule has 1 amide bonds. The second-order valence-electron chi connectivity index (χ2n) is 7.16. The van der Waals surface area contributed by atoms with Crippen LogP contribution < -0.4 is 14.8 Å². The molecule has 0 aromatic heterocycles. The molecular formula is C24H26N2O4S. The van der Waals surface area contributed by atoms with Crippen molar-refractivity contribution < 1.29 is 17.9 Å². The first-order valence-corrected chi connectivity index (χ1v) is 11.5. The zero-order valence-corrected chi connectivity index (χ0v) is 18.2. The highest BCUT2D eigenvalue weighted by Gasteiger charge is 2.13. The SMILES string of the molecule is Cc1ccc(CNC(=O)COc2ccc(S(=O)(=O)NCCc3ccccc3)cc2)cc1. The zero-order chi connectivity index (χ0) is 22.1. The monoisotopic (exact) mass is 438 g/mol. The highest BCUT2D eigenvalue weighted by atomic mass is 32.2. The van der Waals surface area contributed by atoms with Gasteiger partial charge in [0.2, 0.25) is 10.0 Å². The van der Waals surface area contributed by atoms with Crippen LogP contribution >= 0.6 is 0 Å². The van der Waals surface area contributed by atoms with E-state index >= 15 is 0 Å². The molecule has 0 bridgehead atoms. The number of hydrogen-bond acceptors (Lipinski definition) is 4. The van der Waals surface area contributed by atoms with Crippen molar-refractivity contribution >= 4 is 15.9 Å². The van der Waals surface area contributed by atoms with Gasteiger partial charge in [0.15, 0.2) is 6.61 Å². The molecule has 162 valence electrons. The van der Waals surface area contributed by atoms with Crippen molar-refractivity contribution in [3.05, 3.63) is 95.6 Å². The number of hydrogen-bond donors (Lipinski definition) is 2. The lowest BCUT2D eigenvalue weighted by molar-refractivity contribution is -0.123. The van der Waals surface area contributed by atoms with Crippen molar-refractivity contribution in [1.82, 2.24) is 10.0 Å². The Kier molecular flexibility index (Phi) is 7.81. The Morgan fingerprint density at radius 3 is 2.23 bits per heavy atom. The Labute approximate surface area is 183 Å². The minimum absolute atomic E-state index is 0.146. The summed E-state index contributed by atoms with van der Waals surface area (Å²) in [5.74, 6) is 0.175. The lowest BCUT2D eigenvalue weighted by Gasteiger charge is -2.10. The molecule has 2 N–H and O–H groups in total. The predicted octanol–water partition coefficient (Wildman–Crippen LogP) is 3.21. The predicted molar refractivity (Wildman–Crippen MR) is 120 cm³/mol. The minimum atomic E-state index is -3.61. The van der Waals surface area contributed by atoms with Crippen molar-refractivity contribution in [3.63, 3.8) is 0 Å². The van der Waals surface area contributed by atoms with E-state index < -0.39 is 10.0 Å². The number of rotatable bonds is 10. The topological polar surface area (TPSA) is 84.5 Å². The Balaban J connectivity index is 1.44. The van der Waals surface area contributed by atoms with Gasteiger partial charge in [-0.05, 0) is 48.7 Å². The number of benzene rings is 3. The Hall–Kier alpha value is -3.16. The van der Waals surface area contributed by atoms with E-state index in [4.69, 9.17) is 4.74 Å². The number of carbonyl (C=O) groups is 1. The normalized spacial score (nSPS) is 11.1. The van der Waals surface area contributed by atoms with Crippen LogP contribution in [0.2, 0.25) is 0 Å². The van der Waals surface area contributed by atoms with Crippen molar-refractivity contribution in [2.75, 3.05) is 13.2 Å². The molecule has 0 saturated heterocycles. The third-order valence-electron chi connectivity index (χ3n) is 4.66. The number of ether oxygens (including phenoxy) is 1. The maximum atomic E-state index is 12.4. The largest absolute Gasteiger partial charge is 0.484 e. The van der Waals surface area contributed by atoms with E-state index in [0.29, 0.717) is 25.3 Å². The first-order valence-electron chi connectivity index (χ1n) is 10.0. The Morgan fingerprint density at radius 1 is 0.871 bits per heavy atom. The van der Waals surface area contributed by atoms with Gasteiger partial charge in [-0.15, -0.1) is 0 Å². The summed E-state index contributed by atoms with van der Waals surface area (Å²) in [7, 11) is -3.61. The molecule has 0 saturated carbocycles. The maximum Gasteiger partial charge on any atom is 0.258 e. The van der Waals surface area contributed by atoms with Crippen molar-refractivity contribution in [2.45, 2.75) is 24.8 Å². The molecule has 3 rings (SSSR count). The third-order valence-corrected chi connectivity index (χ3v) is 6.14. The summed E-state index contributed by atoms with van der Waals surface area (Å²) in [4.78, 5) is 12.1. The zero-order valence-electron chi connectivity index (χ0n) is 17.4. The van der Waals surface area contributed by atoms with Crippen LogP contribution in [0, 0.1) is 6.92 Å². The average Bonchev–Trinajstić information content (AvgIpc) is 2.78. The van der Waals surface area contributed by atoms with Gasteiger partial charge in [-0.1, -0.05) is 60.2 Å². The molecule has 0 aliphatic heterocycles. The van der Waals surface area contributed by atoms with Gasteiger partial charge < -0.3 is 10.1 Å². The van der Waals surface area contributed by atoms with Crippen molar-refractivity contribution in [2.24, 2.45) is 0 Å². The molecule has 0 aliphatic carbocycles. The second-order valence-corrected chi connectivity index (χ2v) is 8.92. The highest BCUT2D eigenvalue weighted by Crippen LogP contribution is 2.16. The summed E-state index contributed by atoms with van der Waals surface area (Å²) in [5.41, 5.74) is 3.23. The minimum Gasteiger partial charge on any atom is -0.484 e. The molecular weight excluding hydrogens is 412 g/mol. The van der Waals surface area contributed by atoms with Crippen LogP contribution in [0.3, 0.4) is 0 Å². The summed E-state index contributed by atoms with van der Waals surface area (Å²) >= 11 is 0. The van der Waals surface area contributed by atoms with Gasteiger partial charge in [-0.2, -0.15) is 0 Å². The number of nitrogens with one attached hydrogen (secondary N) is 2. The molecule has 0 radical (unpaired) electrons. The van der Waals surface area contributed by atoms with E-state index in [2.05, 4.69) is 10.0 Å². The van der Waals surface area contributed by atoms with Crippen LogP contribution in [0.4, 0.5) is 0 Å². The fourth-order valence-corrected chi connectivity index (χ4v) is 3.91. The summed E-state index contributed by atoms with van der Waals surface area (Å²) in [6.45, 7) is 2.60. The summed E-state index contributed by atoms with van der Waals surface area (Å²) in [6, 6.07) is 23.6. The van der Waals surface area contributed by atoms with Crippen LogP contribution in [0.1, 0.15) is 16.7 Å². The first-order chi connectivity index (χ1) is 14.9. The Bertz CT molecular complexity index is 1080. The molecule has 3 aromatic rings. The van der Waals surface area contributed by atoms with Crippen molar-refractivity contribution in [3.8, 4) is 5.75 Å². The van der Waals surface area contributed by atoms with Crippen LogP contribution in [0.25, 0.3) is 0 Å². The third kappa shape index (κ3) is 7.24. The van der Waals surface area contributed by atoms with Crippen LogP contribution in [-0.2, 0) is 27.8 Å². The number of aryl methyl sites for hydroxylation is 1. The summed E-state index contributed by atoms with van der Waals surface area (Å²) in [6.07, 6.45) is 0.610.